The molecule has 1 aliphatic rings. The highest BCUT2D eigenvalue weighted by molar-refractivity contribution is 7.91. The monoisotopic (exact) mass is 262 g/mol. The van der Waals surface area contributed by atoms with E-state index in [4.69, 9.17) is 0 Å². The average molecular weight is 262 g/mol. The first-order chi connectivity index (χ1) is 7.68. The lowest BCUT2D eigenvalue weighted by atomic mass is 9.72. The molecule has 1 fully saturated rings. The number of hydrogen-bond donors (Lipinski definition) is 1. The Labute approximate surface area is 106 Å². The molecule has 3 atom stereocenters. The lowest BCUT2D eigenvalue weighted by Gasteiger charge is -2.39. The van der Waals surface area contributed by atoms with Gasteiger partial charge in [0.05, 0.1) is 11.4 Å². The zero-order valence-corrected chi connectivity index (χ0v) is 12.3. The third-order valence-electron chi connectivity index (χ3n) is 4.43. The minimum Gasteiger partial charge on any atom is -0.392 e. The Bertz CT molecular complexity index is 346. The minimum atomic E-state index is -2.96. The van der Waals surface area contributed by atoms with Crippen LogP contribution in [-0.4, -0.2) is 31.1 Å². The second-order valence-electron chi connectivity index (χ2n) is 6.17. The summed E-state index contributed by atoms with van der Waals surface area (Å²) in [4.78, 5) is 0. The summed E-state index contributed by atoms with van der Waals surface area (Å²) in [5, 5.41) is 10.1. The fraction of sp³-hybridized carbons (Fsp3) is 1.00. The quantitative estimate of drug-likeness (QED) is 0.846. The molecule has 0 aromatic rings. The van der Waals surface area contributed by atoms with E-state index in [1.165, 1.54) is 6.26 Å². The second kappa shape index (κ2) is 5.27. The molecular weight excluding hydrogens is 236 g/mol. The zero-order valence-electron chi connectivity index (χ0n) is 11.4. The molecule has 3 unspecified atom stereocenters. The predicted molar refractivity (Wildman–Crippen MR) is 70.7 cm³/mol. The van der Waals surface area contributed by atoms with Crippen molar-refractivity contribution in [3.63, 3.8) is 0 Å². The van der Waals surface area contributed by atoms with E-state index in [9.17, 15) is 13.5 Å². The molecule has 0 aliphatic heterocycles. The van der Waals surface area contributed by atoms with E-state index in [2.05, 4.69) is 20.8 Å². The van der Waals surface area contributed by atoms with Gasteiger partial charge in [0.1, 0.15) is 9.84 Å². The van der Waals surface area contributed by atoms with Crippen LogP contribution in [0.5, 0.6) is 0 Å². The molecule has 0 aromatic heterocycles. The highest BCUT2D eigenvalue weighted by Crippen LogP contribution is 2.38. The Hall–Kier alpha value is -0.0900. The number of aliphatic hydroxyl groups is 1. The molecule has 3 nitrogen and oxygen atoms in total. The summed E-state index contributed by atoms with van der Waals surface area (Å²) in [6.45, 7) is 6.18. The first-order valence-corrected chi connectivity index (χ1v) is 8.51. The third kappa shape index (κ3) is 3.68. The maximum Gasteiger partial charge on any atom is 0.150 e. The number of aliphatic hydroxyl groups excluding tert-OH is 1. The minimum absolute atomic E-state index is 0.121. The summed E-state index contributed by atoms with van der Waals surface area (Å²) in [5.41, 5.74) is -0.121. The normalized spacial score (nSPS) is 29.0. The van der Waals surface area contributed by atoms with Crippen molar-refractivity contribution in [1.82, 2.24) is 0 Å². The van der Waals surface area contributed by atoms with Gasteiger partial charge in [0.2, 0.25) is 0 Å². The maximum absolute atomic E-state index is 11.6. The van der Waals surface area contributed by atoms with E-state index < -0.39 is 15.9 Å². The Kier molecular flexibility index (Phi) is 4.64. The molecule has 0 heterocycles. The molecule has 17 heavy (non-hydrogen) atoms. The van der Waals surface area contributed by atoms with Crippen molar-refractivity contribution in [3.05, 3.63) is 0 Å². The van der Waals surface area contributed by atoms with Gasteiger partial charge in [-0.1, -0.05) is 27.2 Å². The standard InChI is InChI=1S/C13H26O3S/c1-5-13(2,3)12(14)10-7-6-8-11(9-10)17(4,15)16/h10-12,14H,5-9H2,1-4H3. The molecule has 0 aromatic carbocycles. The third-order valence-corrected chi connectivity index (χ3v) is 6.07. The topological polar surface area (TPSA) is 54.4 Å². The summed E-state index contributed by atoms with van der Waals surface area (Å²) in [6, 6.07) is 0. The van der Waals surface area contributed by atoms with Gasteiger partial charge < -0.3 is 5.11 Å². The van der Waals surface area contributed by atoms with Crippen LogP contribution in [0.2, 0.25) is 0 Å². The van der Waals surface area contributed by atoms with Crippen LogP contribution in [0.1, 0.15) is 52.9 Å². The summed E-state index contributed by atoms with van der Waals surface area (Å²) in [5.74, 6) is 0.137. The molecule has 0 radical (unpaired) electrons. The van der Waals surface area contributed by atoms with Gasteiger partial charge in [-0.05, 0) is 37.0 Å². The van der Waals surface area contributed by atoms with E-state index >= 15 is 0 Å². The molecule has 0 amide bonds. The molecule has 1 N–H and O–H groups in total. The van der Waals surface area contributed by atoms with Crippen LogP contribution in [0.4, 0.5) is 0 Å². The van der Waals surface area contributed by atoms with Crippen LogP contribution >= 0.6 is 0 Å². The molecule has 102 valence electrons. The van der Waals surface area contributed by atoms with Crippen molar-refractivity contribution in [1.29, 1.82) is 0 Å². The van der Waals surface area contributed by atoms with Crippen LogP contribution in [0.15, 0.2) is 0 Å². The molecule has 0 saturated heterocycles. The highest BCUT2D eigenvalue weighted by atomic mass is 32.2. The summed E-state index contributed by atoms with van der Waals surface area (Å²) in [6.07, 6.45) is 5.09. The first-order valence-electron chi connectivity index (χ1n) is 6.55. The van der Waals surface area contributed by atoms with Crippen molar-refractivity contribution >= 4 is 9.84 Å². The Morgan fingerprint density at radius 3 is 2.41 bits per heavy atom. The van der Waals surface area contributed by atoms with Crippen LogP contribution in [-0.2, 0) is 9.84 Å². The van der Waals surface area contributed by atoms with Gasteiger partial charge in [-0.25, -0.2) is 8.42 Å². The second-order valence-corrected chi connectivity index (χ2v) is 8.49. The van der Waals surface area contributed by atoms with Crippen LogP contribution in [0, 0.1) is 11.3 Å². The molecule has 0 bridgehead atoms. The van der Waals surface area contributed by atoms with E-state index in [-0.39, 0.29) is 16.6 Å². The van der Waals surface area contributed by atoms with Crippen LogP contribution in [0.3, 0.4) is 0 Å². The largest absolute Gasteiger partial charge is 0.392 e. The van der Waals surface area contributed by atoms with Crippen LogP contribution < -0.4 is 0 Å². The molecular formula is C13H26O3S. The molecule has 4 heteroatoms. The fourth-order valence-electron chi connectivity index (χ4n) is 2.70. The van der Waals surface area contributed by atoms with E-state index in [1.807, 2.05) is 0 Å². The van der Waals surface area contributed by atoms with Gasteiger partial charge in [0.25, 0.3) is 0 Å². The van der Waals surface area contributed by atoms with E-state index in [0.29, 0.717) is 6.42 Å². The van der Waals surface area contributed by atoms with Gasteiger partial charge >= 0.3 is 0 Å². The molecule has 1 rings (SSSR count). The van der Waals surface area contributed by atoms with Crippen molar-refractivity contribution in [2.45, 2.75) is 64.2 Å². The van der Waals surface area contributed by atoms with Crippen molar-refractivity contribution in [2.75, 3.05) is 6.26 Å². The Morgan fingerprint density at radius 2 is 1.94 bits per heavy atom. The Morgan fingerprint density at radius 1 is 1.35 bits per heavy atom. The highest BCUT2D eigenvalue weighted by Gasteiger charge is 2.38. The van der Waals surface area contributed by atoms with E-state index in [1.54, 1.807) is 0 Å². The van der Waals surface area contributed by atoms with Crippen LogP contribution in [0.25, 0.3) is 0 Å². The first kappa shape index (κ1) is 15.0. The smallest absolute Gasteiger partial charge is 0.150 e. The number of rotatable bonds is 4. The van der Waals surface area contributed by atoms with Crippen molar-refractivity contribution in [3.8, 4) is 0 Å². The predicted octanol–water partition coefficient (Wildman–Crippen LogP) is 2.39. The number of sulfone groups is 1. The van der Waals surface area contributed by atoms with Gasteiger partial charge in [-0.3, -0.25) is 0 Å². The van der Waals surface area contributed by atoms with Crippen molar-refractivity contribution in [2.24, 2.45) is 11.3 Å². The summed E-state index contributed by atoms with van der Waals surface area (Å²) >= 11 is 0. The molecule has 0 spiro atoms. The summed E-state index contributed by atoms with van der Waals surface area (Å²) in [7, 11) is -2.96. The van der Waals surface area contributed by atoms with E-state index in [0.717, 1.165) is 25.7 Å². The maximum atomic E-state index is 11.6. The SMILES string of the molecule is CCC(C)(C)C(O)C1CCCC(S(C)(=O)=O)C1. The molecule has 1 aliphatic carbocycles. The zero-order chi connectivity index (χ0) is 13.3. The Balaban J connectivity index is 2.74. The lowest BCUT2D eigenvalue weighted by molar-refractivity contribution is -0.0130. The fourth-order valence-corrected chi connectivity index (χ4v) is 3.90. The van der Waals surface area contributed by atoms with Crippen molar-refractivity contribution < 1.29 is 13.5 Å². The number of hydrogen-bond acceptors (Lipinski definition) is 3. The van der Waals surface area contributed by atoms with Gasteiger partial charge in [0.15, 0.2) is 0 Å². The van der Waals surface area contributed by atoms with Gasteiger partial charge in [0, 0.05) is 6.26 Å². The van der Waals surface area contributed by atoms with Gasteiger partial charge in [-0.2, -0.15) is 0 Å². The molecule has 1 saturated carbocycles. The summed E-state index contributed by atoms with van der Waals surface area (Å²) < 4.78 is 23.2. The van der Waals surface area contributed by atoms with Gasteiger partial charge in [-0.15, -0.1) is 0 Å². The lowest BCUT2D eigenvalue weighted by Crippen LogP contribution is -2.40. The average Bonchev–Trinajstić information content (AvgIpc) is 2.27.